The van der Waals surface area contributed by atoms with E-state index in [2.05, 4.69) is 26.8 Å². The minimum Gasteiger partial charge on any atom is -0.491 e. The molecule has 2 fully saturated rings. The monoisotopic (exact) mass is 591 g/mol. The molecule has 1 N–H and O–H groups in total. The quantitative estimate of drug-likeness (QED) is 0.222. The molecule has 7 rings (SSSR count). The second-order valence-corrected chi connectivity index (χ2v) is 11.3. The third-order valence-electron chi connectivity index (χ3n) is 8.52. The van der Waals surface area contributed by atoms with E-state index in [9.17, 15) is 4.79 Å². The molecule has 11 heteroatoms. The molecule has 2 aromatic carbocycles. The summed E-state index contributed by atoms with van der Waals surface area (Å²) >= 11 is 0. The molecule has 2 saturated heterocycles. The van der Waals surface area contributed by atoms with Crippen LogP contribution in [0.3, 0.4) is 0 Å². The molecule has 0 saturated carbocycles. The number of rotatable bonds is 8. The Morgan fingerprint density at radius 2 is 1.84 bits per heavy atom. The number of amides is 1. The number of imidazole rings is 1. The predicted octanol–water partition coefficient (Wildman–Crippen LogP) is 5.85. The zero-order chi connectivity index (χ0) is 30.4. The van der Waals surface area contributed by atoms with Gasteiger partial charge in [0.1, 0.15) is 29.4 Å². The van der Waals surface area contributed by atoms with Gasteiger partial charge in [-0.3, -0.25) is 4.79 Å². The number of aromatic nitrogens is 5. The lowest BCUT2D eigenvalue weighted by molar-refractivity contribution is -0.131. The summed E-state index contributed by atoms with van der Waals surface area (Å²) in [7, 11) is 3.56. The van der Waals surface area contributed by atoms with Crippen molar-refractivity contribution in [2.75, 3.05) is 12.4 Å². The van der Waals surface area contributed by atoms with Crippen molar-refractivity contribution in [2.24, 2.45) is 7.05 Å². The third-order valence-corrected chi connectivity index (χ3v) is 8.52. The van der Waals surface area contributed by atoms with Crippen molar-refractivity contribution < 1.29 is 19.0 Å². The number of carbonyl (C=O) groups is 1. The van der Waals surface area contributed by atoms with Gasteiger partial charge in [0, 0.05) is 49.8 Å². The van der Waals surface area contributed by atoms with Crippen LogP contribution in [0.2, 0.25) is 0 Å². The van der Waals surface area contributed by atoms with Gasteiger partial charge in [-0.15, -0.1) is 0 Å². The summed E-state index contributed by atoms with van der Waals surface area (Å²) in [6.07, 6.45) is 8.01. The fourth-order valence-corrected chi connectivity index (χ4v) is 6.40. The van der Waals surface area contributed by atoms with E-state index in [1.165, 1.54) is 12.4 Å². The highest BCUT2D eigenvalue weighted by molar-refractivity contribution is 5.89. The van der Waals surface area contributed by atoms with Crippen LogP contribution in [0.1, 0.15) is 31.2 Å². The molecule has 2 bridgehead atoms. The smallest absolute Gasteiger partial charge is 0.258 e. The van der Waals surface area contributed by atoms with E-state index in [-0.39, 0.29) is 24.1 Å². The number of hydrogen-bond acceptors (Lipinski definition) is 9. The Hall–Kier alpha value is -5.19. The van der Waals surface area contributed by atoms with E-state index in [4.69, 9.17) is 19.2 Å². The number of anilines is 2. The van der Waals surface area contributed by atoms with Crippen LogP contribution in [0.5, 0.6) is 23.1 Å². The average molecular weight is 592 g/mol. The van der Waals surface area contributed by atoms with Crippen molar-refractivity contribution in [3.05, 3.63) is 73.3 Å². The van der Waals surface area contributed by atoms with E-state index in [0.717, 1.165) is 59.5 Å². The normalized spacial score (nSPS) is 19.2. The Morgan fingerprint density at radius 3 is 2.59 bits per heavy atom. The summed E-state index contributed by atoms with van der Waals surface area (Å²) in [5.74, 6) is 2.88. The molecule has 0 spiro atoms. The van der Waals surface area contributed by atoms with Crippen molar-refractivity contribution in [3.8, 4) is 23.1 Å². The number of carbonyl (C=O) groups excluding carboxylic acids is 1. The second-order valence-electron chi connectivity index (χ2n) is 11.3. The third kappa shape index (κ3) is 5.04. The molecular formula is C33H33N7O4. The zero-order valence-corrected chi connectivity index (χ0v) is 24.9. The molecule has 5 heterocycles. The molecule has 1 amide bonds. The first-order chi connectivity index (χ1) is 21.4. The van der Waals surface area contributed by atoms with Crippen LogP contribution in [-0.2, 0) is 11.8 Å². The molecule has 0 radical (unpaired) electrons. The van der Waals surface area contributed by atoms with Gasteiger partial charge >= 0.3 is 0 Å². The number of nitrogens with zero attached hydrogens (tertiary/aromatic N) is 6. The molecule has 0 aliphatic carbocycles. The highest BCUT2D eigenvalue weighted by Gasteiger charge is 2.43. The Kier molecular flexibility index (Phi) is 7.00. The van der Waals surface area contributed by atoms with E-state index in [1.54, 1.807) is 13.4 Å². The van der Waals surface area contributed by atoms with Crippen LogP contribution in [-0.4, -0.2) is 60.6 Å². The number of ether oxygens (including phenoxy) is 3. The maximum absolute atomic E-state index is 12.4. The van der Waals surface area contributed by atoms with Crippen LogP contribution in [0.25, 0.3) is 22.1 Å². The largest absolute Gasteiger partial charge is 0.491 e. The topological polar surface area (TPSA) is 117 Å². The van der Waals surface area contributed by atoms with Gasteiger partial charge in [0.05, 0.1) is 30.0 Å². The Labute approximate surface area is 254 Å². The number of nitrogens with one attached hydrogen (secondary N) is 1. The number of methoxy groups -OCH3 is 1. The molecule has 44 heavy (non-hydrogen) atoms. The van der Waals surface area contributed by atoms with Crippen molar-refractivity contribution >= 4 is 39.5 Å². The van der Waals surface area contributed by atoms with Crippen LogP contribution < -0.4 is 19.5 Å². The molecule has 3 aromatic heterocycles. The van der Waals surface area contributed by atoms with Gasteiger partial charge in [-0.2, -0.15) is 0 Å². The average Bonchev–Trinajstić information content (AvgIpc) is 3.53. The van der Waals surface area contributed by atoms with E-state index in [0.29, 0.717) is 28.5 Å². The summed E-state index contributed by atoms with van der Waals surface area (Å²) in [5.41, 5.74) is 4.88. The maximum Gasteiger partial charge on any atom is 0.258 e. The number of hydrogen-bond donors (Lipinski definition) is 1. The predicted molar refractivity (Wildman–Crippen MR) is 167 cm³/mol. The van der Waals surface area contributed by atoms with Gasteiger partial charge in [0.25, 0.3) is 5.88 Å². The standard InChI is InChI=1S/C33H33N7O4/c1-5-30(41)40-21-7-8-22(40)14-24(13-21)44-33-29(42-4)16-26-31(38-33)32(35-17-34-26)37-20-6-11-28(19(2)12-20)43-23-9-10-27-25(15-23)36-18-39(27)3/h5-6,9-12,15-18,21-22,24H,1,7-8,13-14H2,2-4H3,(H,34,35,37)/t21-,22+,24?. The van der Waals surface area contributed by atoms with Gasteiger partial charge in [-0.05, 0) is 61.7 Å². The summed E-state index contributed by atoms with van der Waals surface area (Å²) in [5, 5.41) is 3.39. The van der Waals surface area contributed by atoms with Crippen LogP contribution in [0, 0.1) is 6.92 Å². The highest BCUT2D eigenvalue weighted by atomic mass is 16.5. The van der Waals surface area contributed by atoms with Crippen LogP contribution in [0.15, 0.2) is 67.8 Å². The maximum atomic E-state index is 12.4. The lowest BCUT2D eigenvalue weighted by Crippen LogP contribution is -2.48. The van der Waals surface area contributed by atoms with E-state index < -0.39 is 0 Å². The number of fused-ring (bicyclic) bond motifs is 4. The molecule has 1 unspecified atom stereocenters. The molecule has 3 atom stereocenters. The summed E-state index contributed by atoms with van der Waals surface area (Å²) < 4.78 is 20.2. The fourth-order valence-electron chi connectivity index (χ4n) is 6.40. The van der Waals surface area contributed by atoms with Crippen LogP contribution in [0.4, 0.5) is 11.5 Å². The first-order valence-electron chi connectivity index (χ1n) is 14.7. The number of piperidine rings is 1. The molecule has 5 aromatic rings. The van der Waals surface area contributed by atoms with Crippen molar-refractivity contribution in [1.29, 1.82) is 0 Å². The van der Waals surface area contributed by atoms with E-state index >= 15 is 0 Å². The van der Waals surface area contributed by atoms with Gasteiger partial charge < -0.3 is 29.0 Å². The minimum absolute atomic E-state index is 0.00829. The fraction of sp³-hybridized carbons (Fsp3) is 0.303. The van der Waals surface area contributed by atoms with Crippen molar-refractivity contribution in [2.45, 2.75) is 50.8 Å². The minimum atomic E-state index is -0.0881. The zero-order valence-electron chi connectivity index (χ0n) is 24.9. The first-order valence-corrected chi connectivity index (χ1v) is 14.7. The summed E-state index contributed by atoms with van der Waals surface area (Å²) in [6, 6.07) is 13.8. The highest BCUT2D eigenvalue weighted by Crippen LogP contribution is 2.40. The summed E-state index contributed by atoms with van der Waals surface area (Å²) in [4.78, 5) is 32.5. The number of aryl methyl sites for hydroxylation is 2. The first kappa shape index (κ1) is 27.6. The Bertz CT molecular complexity index is 1890. The molecule has 11 nitrogen and oxygen atoms in total. The summed E-state index contributed by atoms with van der Waals surface area (Å²) in [6.45, 7) is 5.66. The van der Waals surface area contributed by atoms with Gasteiger partial charge in [0.2, 0.25) is 5.91 Å². The van der Waals surface area contributed by atoms with Crippen molar-refractivity contribution in [3.63, 3.8) is 0 Å². The number of pyridine rings is 1. The molecular weight excluding hydrogens is 558 g/mol. The van der Waals surface area contributed by atoms with Crippen molar-refractivity contribution in [1.82, 2.24) is 29.4 Å². The Balaban J connectivity index is 1.11. The lowest BCUT2D eigenvalue weighted by Gasteiger charge is -2.38. The molecule has 2 aliphatic heterocycles. The van der Waals surface area contributed by atoms with Crippen LogP contribution >= 0.6 is 0 Å². The number of benzene rings is 2. The van der Waals surface area contributed by atoms with Gasteiger partial charge in [-0.25, -0.2) is 19.9 Å². The second kappa shape index (κ2) is 11.1. The SMILES string of the molecule is C=CC(=O)N1[C@@H]2CC[C@H]1CC(Oc1nc3c(Nc4ccc(Oc5ccc6c(c5)ncn6C)c(C)c4)ncnc3cc1OC)C2. The van der Waals surface area contributed by atoms with Gasteiger partial charge in [-0.1, -0.05) is 6.58 Å². The van der Waals surface area contributed by atoms with E-state index in [1.807, 2.05) is 65.9 Å². The Morgan fingerprint density at radius 1 is 1.02 bits per heavy atom. The molecule has 2 aliphatic rings. The van der Waals surface area contributed by atoms with Gasteiger partial charge in [0.15, 0.2) is 11.6 Å². The molecule has 224 valence electrons. The lowest BCUT2D eigenvalue weighted by atomic mass is 9.99.